The second kappa shape index (κ2) is 7.50. The lowest BCUT2D eigenvalue weighted by Gasteiger charge is -2.13. The first-order valence-corrected chi connectivity index (χ1v) is 5.92. The summed E-state index contributed by atoms with van der Waals surface area (Å²) in [7, 11) is 1.64. The van der Waals surface area contributed by atoms with Crippen molar-refractivity contribution in [3.63, 3.8) is 0 Å². The van der Waals surface area contributed by atoms with Crippen LogP contribution in [0.3, 0.4) is 0 Å². The zero-order valence-corrected chi connectivity index (χ0v) is 10.9. The lowest BCUT2D eigenvalue weighted by Crippen LogP contribution is -2.41. The average molecular weight is 248 g/mol. The molecule has 0 saturated carbocycles. The lowest BCUT2D eigenvalue weighted by molar-refractivity contribution is -0.122. The Balaban J connectivity index is 2.39. The third-order valence-electron chi connectivity index (χ3n) is 2.59. The minimum Gasteiger partial charge on any atom is -0.497 e. The Labute approximate surface area is 108 Å². The van der Waals surface area contributed by atoms with E-state index < -0.39 is 0 Å². The van der Waals surface area contributed by atoms with Gasteiger partial charge in [-0.1, -0.05) is 18.2 Å². The Morgan fingerprint density at radius 2 is 2.11 bits per heavy atom. The first-order valence-electron chi connectivity index (χ1n) is 5.92. The molecule has 1 amide bonds. The molecular weight excluding hydrogens is 228 g/mol. The number of hydrogen-bond acceptors (Lipinski definition) is 3. The molecule has 1 aromatic rings. The Bertz CT molecular complexity index is 387. The third-order valence-corrected chi connectivity index (χ3v) is 2.59. The van der Waals surface area contributed by atoms with Gasteiger partial charge in [0.05, 0.1) is 13.2 Å². The van der Waals surface area contributed by atoms with Crippen molar-refractivity contribution < 1.29 is 9.53 Å². The van der Waals surface area contributed by atoms with Gasteiger partial charge in [0.1, 0.15) is 5.75 Å². The predicted molar refractivity (Wildman–Crippen MR) is 72.5 cm³/mol. The van der Waals surface area contributed by atoms with E-state index in [1.807, 2.05) is 31.2 Å². The summed E-state index contributed by atoms with van der Waals surface area (Å²) in [4.78, 5) is 11.6. The number of methoxy groups -OCH3 is 1. The molecule has 0 aliphatic rings. The third kappa shape index (κ3) is 4.59. The van der Waals surface area contributed by atoms with E-state index in [0.717, 1.165) is 11.3 Å². The first-order chi connectivity index (χ1) is 8.67. The second-order valence-corrected chi connectivity index (χ2v) is 3.98. The van der Waals surface area contributed by atoms with Gasteiger partial charge in [0, 0.05) is 13.1 Å². The molecule has 1 aromatic carbocycles. The number of carbonyl (C=O) groups excluding carboxylic acids is 1. The standard InChI is InChI=1S/C14H20N2O2/c1-4-9-15-14(17)11(2)16-10-12-5-7-13(18-3)8-6-12/h4-8,11,16H,1,9-10H2,2-3H3,(H,15,17). The van der Waals surface area contributed by atoms with Crippen molar-refractivity contribution in [2.75, 3.05) is 13.7 Å². The summed E-state index contributed by atoms with van der Waals surface area (Å²) in [6.45, 7) is 6.53. The fraction of sp³-hybridized carbons (Fsp3) is 0.357. The first kappa shape index (κ1) is 14.3. The van der Waals surface area contributed by atoms with Gasteiger partial charge in [0.2, 0.25) is 5.91 Å². The Hall–Kier alpha value is -1.81. The largest absolute Gasteiger partial charge is 0.497 e. The van der Waals surface area contributed by atoms with Gasteiger partial charge in [-0.05, 0) is 24.6 Å². The summed E-state index contributed by atoms with van der Waals surface area (Å²) in [6.07, 6.45) is 1.66. The zero-order chi connectivity index (χ0) is 13.4. The maximum absolute atomic E-state index is 11.6. The zero-order valence-electron chi connectivity index (χ0n) is 10.9. The number of ether oxygens (including phenoxy) is 1. The SMILES string of the molecule is C=CCNC(=O)C(C)NCc1ccc(OC)cc1. The smallest absolute Gasteiger partial charge is 0.237 e. The molecule has 4 heteroatoms. The van der Waals surface area contributed by atoms with Crippen molar-refractivity contribution in [1.82, 2.24) is 10.6 Å². The molecule has 0 aliphatic carbocycles. The normalized spacial score (nSPS) is 11.7. The maximum atomic E-state index is 11.6. The van der Waals surface area contributed by atoms with Crippen LogP contribution in [0.25, 0.3) is 0 Å². The molecule has 0 bridgehead atoms. The molecule has 0 heterocycles. The molecule has 0 aromatic heterocycles. The molecule has 0 aliphatic heterocycles. The summed E-state index contributed by atoms with van der Waals surface area (Å²) in [5, 5.41) is 5.91. The van der Waals surface area contributed by atoms with Crippen molar-refractivity contribution in [1.29, 1.82) is 0 Å². The van der Waals surface area contributed by atoms with Crippen molar-refractivity contribution in [3.8, 4) is 5.75 Å². The van der Waals surface area contributed by atoms with Crippen LogP contribution in [0.2, 0.25) is 0 Å². The predicted octanol–water partition coefficient (Wildman–Crippen LogP) is 1.48. The molecule has 0 fully saturated rings. The molecule has 4 nitrogen and oxygen atoms in total. The summed E-state index contributed by atoms with van der Waals surface area (Å²) in [6, 6.07) is 7.52. The molecule has 98 valence electrons. The van der Waals surface area contributed by atoms with Gasteiger partial charge in [-0.25, -0.2) is 0 Å². The van der Waals surface area contributed by atoms with Gasteiger partial charge in [-0.3, -0.25) is 4.79 Å². The Kier molecular flexibility index (Phi) is 5.94. The van der Waals surface area contributed by atoms with Crippen LogP contribution in [-0.2, 0) is 11.3 Å². The molecule has 0 spiro atoms. The van der Waals surface area contributed by atoms with Gasteiger partial charge in [0.15, 0.2) is 0 Å². The van der Waals surface area contributed by atoms with Gasteiger partial charge in [-0.2, -0.15) is 0 Å². The van der Waals surface area contributed by atoms with Crippen molar-refractivity contribution in [3.05, 3.63) is 42.5 Å². The summed E-state index contributed by atoms with van der Waals surface area (Å²) < 4.78 is 5.08. The van der Waals surface area contributed by atoms with Crippen LogP contribution in [0.5, 0.6) is 5.75 Å². The summed E-state index contributed by atoms with van der Waals surface area (Å²) in [5.41, 5.74) is 1.11. The molecular formula is C14H20N2O2. The van der Waals surface area contributed by atoms with Crippen LogP contribution in [0.1, 0.15) is 12.5 Å². The van der Waals surface area contributed by atoms with Crippen molar-refractivity contribution in [2.45, 2.75) is 19.5 Å². The minimum absolute atomic E-state index is 0.0246. The van der Waals surface area contributed by atoms with E-state index in [4.69, 9.17) is 4.74 Å². The Morgan fingerprint density at radius 3 is 2.67 bits per heavy atom. The van der Waals surface area contributed by atoms with E-state index in [9.17, 15) is 4.79 Å². The highest BCUT2D eigenvalue weighted by molar-refractivity contribution is 5.81. The van der Waals surface area contributed by atoms with E-state index in [1.165, 1.54) is 0 Å². The number of nitrogens with one attached hydrogen (secondary N) is 2. The highest BCUT2D eigenvalue weighted by atomic mass is 16.5. The fourth-order valence-corrected chi connectivity index (χ4v) is 1.43. The van der Waals surface area contributed by atoms with Gasteiger partial charge < -0.3 is 15.4 Å². The monoisotopic (exact) mass is 248 g/mol. The van der Waals surface area contributed by atoms with E-state index in [0.29, 0.717) is 13.1 Å². The minimum atomic E-state index is -0.230. The van der Waals surface area contributed by atoms with E-state index in [1.54, 1.807) is 13.2 Å². The Morgan fingerprint density at radius 1 is 1.44 bits per heavy atom. The molecule has 2 N–H and O–H groups in total. The van der Waals surface area contributed by atoms with Crippen LogP contribution in [-0.4, -0.2) is 25.6 Å². The van der Waals surface area contributed by atoms with Gasteiger partial charge in [0.25, 0.3) is 0 Å². The maximum Gasteiger partial charge on any atom is 0.237 e. The molecule has 1 atom stereocenters. The molecule has 0 saturated heterocycles. The molecule has 18 heavy (non-hydrogen) atoms. The van der Waals surface area contributed by atoms with Crippen LogP contribution in [0.4, 0.5) is 0 Å². The van der Waals surface area contributed by atoms with Crippen LogP contribution in [0.15, 0.2) is 36.9 Å². The van der Waals surface area contributed by atoms with E-state index >= 15 is 0 Å². The quantitative estimate of drug-likeness (QED) is 0.719. The topological polar surface area (TPSA) is 50.4 Å². The van der Waals surface area contributed by atoms with Gasteiger partial charge >= 0.3 is 0 Å². The highest BCUT2D eigenvalue weighted by Gasteiger charge is 2.10. The summed E-state index contributed by atoms with van der Waals surface area (Å²) >= 11 is 0. The highest BCUT2D eigenvalue weighted by Crippen LogP contribution is 2.10. The van der Waals surface area contributed by atoms with Crippen LogP contribution in [0, 0.1) is 0 Å². The lowest BCUT2D eigenvalue weighted by atomic mass is 10.2. The molecule has 1 unspecified atom stereocenters. The van der Waals surface area contributed by atoms with Crippen LogP contribution >= 0.6 is 0 Å². The number of amides is 1. The van der Waals surface area contributed by atoms with Gasteiger partial charge in [-0.15, -0.1) is 6.58 Å². The number of hydrogen-bond donors (Lipinski definition) is 2. The summed E-state index contributed by atoms with van der Waals surface area (Å²) in [5.74, 6) is 0.805. The number of carbonyl (C=O) groups is 1. The van der Waals surface area contributed by atoms with E-state index in [2.05, 4.69) is 17.2 Å². The van der Waals surface area contributed by atoms with E-state index in [-0.39, 0.29) is 11.9 Å². The van der Waals surface area contributed by atoms with Crippen LogP contribution < -0.4 is 15.4 Å². The number of benzene rings is 1. The number of rotatable bonds is 7. The molecule has 0 radical (unpaired) electrons. The average Bonchev–Trinajstić information content (AvgIpc) is 2.42. The molecule has 1 rings (SSSR count). The second-order valence-electron chi connectivity index (χ2n) is 3.98. The van der Waals surface area contributed by atoms with Crippen molar-refractivity contribution >= 4 is 5.91 Å². The fourth-order valence-electron chi connectivity index (χ4n) is 1.43. The van der Waals surface area contributed by atoms with Crippen molar-refractivity contribution in [2.24, 2.45) is 0 Å².